The SMILES string of the molecule is C1CCC(NCN2CCOCC2)CC1. The molecule has 2 rings (SSSR count). The van der Waals surface area contributed by atoms with E-state index in [1.165, 1.54) is 32.1 Å². The lowest BCUT2D eigenvalue weighted by molar-refractivity contribution is 0.0318. The summed E-state index contributed by atoms with van der Waals surface area (Å²) < 4.78 is 5.32. The highest BCUT2D eigenvalue weighted by Gasteiger charge is 2.15. The normalized spacial score (nSPS) is 26.6. The fraction of sp³-hybridized carbons (Fsp3) is 1.00. The first kappa shape index (κ1) is 10.4. The molecule has 0 spiro atoms. The van der Waals surface area contributed by atoms with Crippen molar-refractivity contribution in [3.8, 4) is 0 Å². The van der Waals surface area contributed by atoms with Crippen molar-refractivity contribution in [1.29, 1.82) is 0 Å². The van der Waals surface area contributed by atoms with Gasteiger partial charge in [0.25, 0.3) is 0 Å². The van der Waals surface area contributed by atoms with Crippen molar-refractivity contribution in [1.82, 2.24) is 10.2 Å². The molecule has 1 saturated carbocycles. The highest BCUT2D eigenvalue weighted by Crippen LogP contribution is 2.17. The van der Waals surface area contributed by atoms with E-state index in [9.17, 15) is 0 Å². The smallest absolute Gasteiger partial charge is 0.0594 e. The van der Waals surface area contributed by atoms with E-state index in [0.717, 1.165) is 39.0 Å². The van der Waals surface area contributed by atoms with Gasteiger partial charge in [-0.15, -0.1) is 0 Å². The third-order valence-electron chi connectivity index (χ3n) is 3.31. The minimum absolute atomic E-state index is 0.784. The Morgan fingerprint density at radius 2 is 1.79 bits per heavy atom. The van der Waals surface area contributed by atoms with E-state index in [-0.39, 0.29) is 0 Å². The first-order chi connectivity index (χ1) is 6.95. The number of ether oxygens (including phenoxy) is 1. The van der Waals surface area contributed by atoms with Crippen molar-refractivity contribution in [2.75, 3.05) is 33.0 Å². The van der Waals surface area contributed by atoms with Gasteiger partial charge in [0.2, 0.25) is 0 Å². The fourth-order valence-electron chi connectivity index (χ4n) is 2.32. The van der Waals surface area contributed by atoms with Crippen LogP contribution in [0.2, 0.25) is 0 Å². The maximum atomic E-state index is 5.32. The maximum absolute atomic E-state index is 5.32. The zero-order valence-corrected chi connectivity index (χ0v) is 9.00. The Bertz CT molecular complexity index is 133. The molecule has 2 fully saturated rings. The van der Waals surface area contributed by atoms with Crippen LogP contribution in [0, 0.1) is 0 Å². The summed E-state index contributed by atoms with van der Waals surface area (Å²) in [6.45, 7) is 5.08. The minimum Gasteiger partial charge on any atom is -0.379 e. The van der Waals surface area contributed by atoms with Crippen LogP contribution in [0.4, 0.5) is 0 Å². The quantitative estimate of drug-likeness (QED) is 0.737. The molecule has 0 aromatic heterocycles. The predicted molar refractivity (Wildman–Crippen MR) is 57.3 cm³/mol. The molecule has 0 aromatic carbocycles. The predicted octanol–water partition coefficient (Wildman–Crippen LogP) is 1.20. The molecule has 3 nitrogen and oxygen atoms in total. The van der Waals surface area contributed by atoms with E-state index in [2.05, 4.69) is 10.2 Å². The summed E-state index contributed by atoms with van der Waals surface area (Å²) in [6.07, 6.45) is 7.03. The van der Waals surface area contributed by atoms with Gasteiger partial charge in [-0.3, -0.25) is 4.90 Å². The van der Waals surface area contributed by atoms with Crippen molar-refractivity contribution in [3.05, 3.63) is 0 Å². The molecule has 82 valence electrons. The van der Waals surface area contributed by atoms with Gasteiger partial charge in [-0.1, -0.05) is 19.3 Å². The molecule has 0 aromatic rings. The average molecular weight is 198 g/mol. The average Bonchev–Trinajstić information content (AvgIpc) is 2.29. The van der Waals surface area contributed by atoms with Crippen LogP contribution in [0.15, 0.2) is 0 Å². The summed E-state index contributed by atoms with van der Waals surface area (Å²) >= 11 is 0. The summed E-state index contributed by atoms with van der Waals surface area (Å²) in [6, 6.07) is 0.784. The Morgan fingerprint density at radius 1 is 1.07 bits per heavy atom. The van der Waals surface area contributed by atoms with Crippen molar-refractivity contribution in [2.24, 2.45) is 0 Å². The number of morpholine rings is 1. The summed E-state index contributed by atoms with van der Waals surface area (Å²) in [4.78, 5) is 2.46. The number of nitrogens with one attached hydrogen (secondary N) is 1. The van der Waals surface area contributed by atoms with Gasteiger partial charge < -0.3 is 10.1 Å². The van der Waals surface area contributed by atoms with E-state index in [1.807, 2.05) is 0 Å². The van der Waals surface area contributed by atoms with Gasteiger partial charge in [-0.2, -0.15) is 0 Å². The number of hydrogen-bond donors (Lipinski definition) is 1. The van der Waals surface area contributed by atoms with Gasteiger partial charge in [0.1, 0.15) is 0 Å². The second-order valence-electron chi connectivity index (χ2n) is 4.43. The first-order valence-corrected chi connectivity index (χ1v) is 5.98. The first-order valence-electron chi connectivity index (χ1n) is 5.98. The van der Waals surface area contributed by atoms with Gasteiger partial charge in [0.15, 0.2) is 0 Å². The number of nitrogens with zero attached hydrogens (tertiary/aromatic N) is 1. The molecule has 1 aliphatic heterocycles. The van der Waals surface area contributed by atoms with Crippen molar-refractivity contribution >= 4 is 0 Å². The molecule has 1 heterocycles. The van der Waals surface area contributed by atoms with Crippen LogP contribution >= 0.6 is 0 Å². The molecule has 1 saturated heterocycles. The Labute approximate surface area is 86.8 Å². The van der Waals surface area contributed by atoms with Gasteiger partial charge in [-0.25, -0.2) is 0 Å². The molecule has 0 unspecified atom stereocenters. The highest BCUT2D eigenvalue weighted by molar-refractivity contribution is 4.72. The van der Waals surface area contributed by atoms with Gasteiger partial charge in [0.05, 0.1) is 13.2 Å². The molecule has 3 heteroatoms. The largest absolute Gasteiger partial charge is 0.379 e. The summed E-state index contributed by atoms with van der Waals surface area (Å²) in [5.74, 6) is 0. The molecular weight excluding hydrogens is 176 g/mol. The topological polar surface area (TPSA) is 24.5 Å². The molecule has 1 aliphatic carbocycles. The molecule has 0 bridgehead atoms. The monoisotopic (exact) mass is 198 g/mol. The molecule has 1 N–H and O–H groups in total. The lowest BCUT2D eigenvalue weighted by Gasteiger charge is -2.30. The Kier molecular flexibility index (Phi) is 4.22. The highest BCUT2D eigenvalue weighted by atomic mass is 16.5. The summed E-state index contributed by atoms with van der Waals surface area (Å²) in [5.41, 5.74) is 0. The van der Waals surface area contributed by atoms with Gasteiger partial charge in [-0.05, 0) is 12.8 Å². The molecular formula is C11H22N2O. The molecule has 0 radical (unpaired) electrons. The van der Waals surface area contributed by atoms with Crippen LogP contribution in [0.1, 0.15) is 32.1 Å². The van der Waals surface area contributed by atoms with E-state index in [0.29, 0.717) is 0 Å². The Balaban J connectivity index is 1.60. The van der Waals surface area contributed by atoms with Crippen molar-refractivity contribution in [3.63, 3.8) is 0 Å². The van der Waals surface area contributed by atoms with E-state index in [1.54, 1.807) is 0 Å². The lowest BCUT2D eigenvalue weighted by Crippen LogP contribution is -2.45. The van der Waals surface area contributed by atoms with E-state index >= 15 is 0 Å². The van der Waals surface area contributed by atoms with Crippen LogP contribution in [-0.4, -0.2) is 43.9 Å². The zero-order valence-electron chi connectivity index (χ0n) is 9.00. The van der Waals surface area contributed by atoms with Crippen molar-refractivity contribution < 1.29 is 4.74 Å². The third-order valence-corrected chi connectivity index (χ3v) is 3.31. The lowest BCUT2D eigenvalue weighted by atomic mass is 9.96. The van der Waals surface area contributed by atoms with E-state index in [4.69, 9.17) is 4.74 Å². The minimum atomic E-state index is 0.784. The van der Waals surface area contributed by atoms with Crippen molar-refractivity contribution in [2.45, 2.75) is 38.1 Å². The molecule has 0 amide bonds. The number of rotatable bonds is 3. The summed E-state index contributed by atoms with van der Waals surface area (Å²) in [5, 5.41) is 3.66. The van der Waals surface area contributed by atoms with Gasteiger partial charge in [0, 0.05) is 25.8 Å². The van der Waals surface area contributed by atoms with Crippen LogP contribution in [-0.2, 0) is 4.74 Å². The van der Waals surface area contributed by atoms with E-state index < -0.39 is 0 Å². The van der Waals surface area contributed by atoms with Crippen LogP contribution in [0.3, 0.4) is 0 Å². The standard InChI is InChI=1S/C11H22N2O/c1-2-4-11(5-3-1)12-10-13-6-8-14-9-7-13/h11-12H,1-10H2. The second-order valence-corrected chi connectivity index (χ2v) is 4.43. The molecule has 0 atom stereocenters. The van der Waals surface area contributed by atoms with Crippen LogP contribution in [0.5, 0.6) is 0 Å². The van der Waals surface area contributed by atoms with Crippen LogP contribution < -0.4 is 5.32 Å². The van der Waals surface area contributed by atoms with Crippen LogP contribution in [0.25, 0.3) is 0 Å². The Morgan fingerprint density at radius 3 is 2.50 bits per heavy atom. The number of hydrogen-bond acceptors (Lipinski definition) is 3. The summed E-state index contributed by atoms with van der Waals surface area (Å²) in [7, 11) is 0. The maximum Gasteiger partial charge on any atom is 0.0594 e. The zero-order chi connectivity index (χ0) is 9.64. The fourth-order valence-corrected chi connectivity index (χ4v) is 2.32. The van der Waals surface area contributed by atoms with Gasteiger partial charge >= 0.3 is 0 Å². The molecule has 2 aliphatic rings. The Hall–Kier alpha value is -0.120. The molecule has 14 heavy (non-hydrogen) atoms. The second kappa shape index (κ2) is 5.69. The third kappa shape index (κ3) is 3.23.